The Morgan fingerprint density at radius 1 is 1.25 bits per heavy atom. The standard InChI is InChI=1S/C11H24N/c1-6-10-7-12(4,5)8-11(10)9(2)3/h9-11H,6-8H2,1-5H3/q+1. The summed E-state index contributed by atoms with van der Waals surface area (Å²) in [6, 6.07) is 0. The molecule has 1 aliphatic rings. The predicted molar refractivity (Wildman–Crippen MR) is 54.0 cm³/mol. The van der Waals surface area contributed by atoms with Crippen LogP contribution in [-0.4, -0.2) is 31.7 Å². The van der Waals surface area contributed by atoms with Crippen molar-refractivity contribution in [3.8, 4) is 0 Å². The second-order valence-corrected chi connectivity index (χ2v) is 5.38. The molecular formula is C11H24N+. The van der Waals surface area contributed by atoms with Gasteiger partial charge in [0.1, 0.15) is 0 Å². The molecule has 0 aromatic carbocycles. The molecule has 1 rings (SSSR count). The molecule has 1 fully saturated rings. The molecule has 0 radical (unpaired) electrons. The van der Waals surface area contributed by atoms with Gasteiger partial charge in [0.2, 0.25) is 0 Å². The topological polar surface area (TPSA) is 0 Å². The zero-order valence-corrected chi connectivity index (χ0v) is 9.30. The highest BCUT2D eigenvalue weighted by molar-refractivity contribution is 4.76. The summed E-state index contributed by atoms with van der Waals surface area (Å²) >= 11 is 0. The summed E-state index contributed by atoms with van der Waals surface area (Å²) in [5, 5.41) is 0. The van der Waals surface area contributed by atoms with Crippen LogP contribution in [0.2, 0.25) is 0 Å². The van der Waals surface area contributed by atoms with Gasteiger partial charge in [0.05, 0.1) is 27.2 Å². The lowest BCUT2D eigenvalue weighted by Gasteiger charge is -2.24. The molecule has 0 bridgehead atoms. The maximum absolute atomic E-state index is 2.37. The van der Waals surface area contributed by atoms with E-state index in [0.717, 1.165) is 17.8 Å². The normalized spacial score (nSPS) is 34.5. The van der Waals surface area contributed by atoms with Crippen molar-refractivity contribution in [1.82, 2.24) is 0 Å². The monoisotopic (exact) mass is 170 g/mol. The van der Waals surface area contributed by atoms with Crippen LogP contribution in [0.15, 0.2) is 0 Å². The van der Waals surface area contributed by atoms with Crippen LogP contribution < -0.4 is 0 Å². The summed E-state index contributed by atoms with van der Waals surface area (Å²) < 4.78 is 1.24. The molecule has 0 saturated carbocycles. The van der Waals surface area contributed by atoms with E-state index in [9.17, 15) is 0 Å². The molecule has 2 atom stereocenters. The highest BCUT2D eigenvalue weighted by Gasteiger charge is 2.40. The van der Waals surface area contributed by atoms with E-state index in [4.69, 9.17) is 0 Å². The Bertz CT molecular complexity index is 149. The minimum absolute atomic E-state index is 0.870. The Hall–Kier alpha value is -0.0400. The Kier molecular flexibility index (Phi) is 2.82. The third-order valence-electron chi connectivity index (χ3n) is 3.42. The summed E-state index contributed by atoms with van der Waals surface area (Å²) in [6.45, 7) is 9.86. The molecule has 1 nitrogen and oxygen atoms in total. The lowest BCUT2D eigenvalue weighted by Crippen LogP contribution is -2.37. The van der Waals surface area contributed by atoms with Crippen LogP contribution in [0, 0.1) is 17.8 Å². The summed E-state index contributed by atoms with van der Waals surface area (Å²) in [6.07, 6.45) is 1.37. The minimum atomic E-state index is 0.870. The Morgan fingerprint density at radius 3 is 2.17 bits per heavy atom. The number of hydrogen-bond donors (Lipinski definition) is 0. The molecular weight excluding hydrogens is 146 g/mol. The van der Waals surface area contributed by atoms with Crippen molar-refractivity contribution < 1.29 is 4.48 Å². The SMILES string of the molecule is CCC1C[N+](C)(C)CC1C(C)C. The molecule has 0 aromatic heterocycles. The molecule has 2 unspecified atom stereocenters. The first-order valence-electron chi connectivity index (χ1n) is 5.28. The maximum atomic E-state index is 2.37. The fraction of sp³-hybridized carbons (Fsp3) is 1.00. The second kappa shape index (κ2) is 3.37. The largest absolute Gasteiger partial charge is 0.328 e. The van der Waals surface area contributed by atoms with E-state index in [-0.39, 0.29) is 0 Å². The highest BCUT2D eigenvalue weighted by atomic mass is 15.3. The number of quaternary nitrogens is 1. The molecule has 0 aromatic rings. The first-order valence-corrected chi connectivity index (χ1v) is 5.28. The summed E-state index contributed by atoms with van der Waals surface area (Å²) in [5.41, 5.74) is 0. The number of rotatable bonds is 2. The lowest BCUT2D eigenvalue weighted by atomic mass is 9.85. The first kappa shape index (κ1) is 10.0. The summed E-state index contributed by atoms with van der Waals surface area (Å²) in [5.74, 6) is 2.81. The van der Waals surface area contributed by atoms with Crippen LogP contribution in [0.25, 0.3) is 0 Å². The first-order chi connectivity index (χ1) is 5.46. The third-order valence-corrected chi connectivity index (χ3v) is 3.42. The highest BCUT2D eigenvalue weighted by Crippen LogP contribution is 2.33. The average Bonchev–Trinajstić information content (AvgIpc) is 2.25. The van der Waals surface area contributed by atoms with E-state index < -0.39 is 0 Å². The molecule has 0 N–H and O–H groups in total. The van der Waals surface area contributed by atoms with Crippen LogP contribution in [0.3, 0.4) is 0 Å². The summed E-state index contributed by atoms with van der Waals surface area (Å²) in [7, 11) is 4.73. The van der Waals surface area contributed by atoms with E-state index in [0.29, 0.717) is 0 Å². The zero-order valence-electron chi connectivity index (χ0n) is 9.30. The molecule has 0 amide bonds. The van der Waals surface area contributed by atoms with E-state index in [2.05, 4.69) is 34.9 Å². The van der Waals surface area contributed by atoms with Gasteiger partial charge in [0, 0.05) is 11.8 Å². The lowest BCUT2D eigenvalue weighted by molar-refractivity contribution is -0.880. The Morgan fingerprint density at radius 2 is 1.83 bits per heavy atom. The minimum Gasteiger partial charge on any atom is -0.328 e. The smallest absolute Gasteiger partial charge is 0.0818 e. The van der Waals surface area contributed by atoms with Crippen molar-refractivity contribution in [2.45, 2.75) is 27.2 Å². The van der Waals surface area contributed by atoms with Gasteiger partial charge < -0.3 is 4.48 Å². The Labute approximate surface area is 77.4 Å². The maximum Gasteiger partial charge on any atom is 0.0818 e. The van der Waals surface area contributed by atoms with Gasteiger partial charge in [-0.25, -0.2) is 0 Å². The van der Waals surface area contributed by atoms with Crippen molar-refractivity contribution in [1.29, 1.82) is 0 Å². The third kappa shape index (κ3) is 2.01. The van der Waals surface area contributed by atoms with Gasteiger partial charge in [0.25, 0.3) is 0 Å². The predicted octanol–water partition coefficient (Wildman–Crippen LogP) is 2.37. The van der Waals surface area contributed by atoms with Gasteiger partial charge in [-0.1, -0.05) is 20.8 Å². The second-order valence-electron chi connectivity index (χ2n) is 5.38. The quantitative estimate of drug-likeness (QED) is 0.558. The van der Waals surface area contributed by atoms with Crippen LogP contribution in [0.1, 0.15) is 27.2 Å². The molecule has 1 heteroatoms. The van der Waals surface area contributed by atoms with Crippen molar-refractivity contribution in [3.63, 3.8) is 0 Å². The molecule has 12 heavy (non-hydrogen) atoms. The number of nitrogens with zero attached hydrogens (tertiary/aromatic N) is 1. The van der Waals surface area contributed by atoms with Crippen molar-refractivity contribution >= 4 is 0 Å². The summed E-state index contributed by atoms with van der Waals surface area (Å²) in [4.78, 5) is 0. The van der Waals surface area contributed by atoms with E-state index in [1.807, 2.05) is 0 Å². The molecule has 72 valence electrons. The fourth-order valence-corrected chi connectivity index (χ4v) is 2.75. The van der Waals surface area contributed by atoms with Crippen molar-refractivity contribution in [3.05, 3.63) is 0 Å². The van der Waals surface area contributed by atoms with Gasteiger partial charge in [-0.3, -0.25) is 0 Å². The van der Waals surface area contributed by atoms with E-state index >= 15 is 0 Å². The molecule has 1 saturated heterocycles. The number of likely N-dealkylation sites (tertiary alicyclic amines) is 1. The van der Waals surface area contributed by atoms with Gasteiger partial charge in [-0.05, 0) is 12.3 Å². The molecule has 1 heterocycles. The Balaban J connectivity index is 2.63. The number of hydrogen-bond acceptors (Lipinski definition) is 0. The van der Waals surface area contributed by atoms with Crippen LogP contribution in [0.4, 0.5) is 0 Å². The van der Waals surface area contributed by atoms with Gasteiger partial charge in [0.15, 0.2) is 0 Å². The fourth-order valence-electron chi connectivity index (χ4n) is 2.75. The van der Waals surface area contributed by atoms with Crippen molar-refractivity contribution in [2.75, 3.05) is 27.2 Å². The van der Waals surface area contributed by atoms with Gasteiger partial charge in [-0.2, -0.15) is 0 Å². The van der Waals surface area contributed by atoms with E-state index in [1.165, 1.54) is 24.0 Å². The van der Waals surface area contributed by atoms with Crippen LogP contribution in [0.5, 0.6) is 0 Å². The van der Waals surface area contributed by atoms with Crippen molar-refractivity contribution in [2.24, 2.45) is 17.8 Å². The molecule has 0 spiro atoms. The van der Waals surface area contributed by atoms with Crippen LogP contribution >= 0.6 is 0 Å². The van der Waals surface area contributed by atoms with Gasteiger partial charge in [-0.15, -0.1) is 0 Å². The van der Waals surface area contributed by atoms with E-state index in [1.54, 1.807) is 0 Å². The average molecular weight is 170 g/mol. The molecule has 0 aliphatic carbocycles. The molecule has 1 aliphatic heterocycles. The van der Waals surface area contributed by atoms with Crippen LogP contribution in [-0.2, 0) is 0 Å². The van der Waals surface area contributed by atoms with Gasteiger partial charge >= 0.3 is 0 Å². The zero-order chi connectivity index (χ0) is 9.35.